The zero-order valence-electron chi connectivity index (χ0n) is 9.81. The number of alkyl halides is 10. The zero-order valence-corrected chi connectivity index (χ0v) is 10.7. The molecule has 0 saturated heterocycles. The number of hydrogen-bond acceptors (Lipinski definition) is 3. The van der Waals surface area contributed by atoms with Crippen LogP contribution in [0, 0.1) is 0 Å². The van der Waals surface area contributed by atoms with Crippen molar-refractivity contribution >= 4 is 7.60 Å². The summed E-state index contributed by atoms with van der Waals surface area (Å²) in [5.74, 6) is 0. The van der Waals surface area contributed by atoms with Crippen LogP contribution < -0.4 is 0 Å². The Kier molecular flexibility index (Phi) is 6.12. The van der Waals surface area contributed by atoms with Crippen LogP contribution in [0.25, 0.3) is 0 Å². The third-order valence-corrected chi connectivity index (χ3v) is 2.95. The Morgan fingerprint density at radius 3 is 1.48 bits per heavy atom. The molecule has 0 rings (SSSR count). The number of rotatable bonds is 5. The number of hydrogen-bond donors (Lipinski definition) is 0. The highest BCUT2D eigenvalue weighted by atomic mass is 31.2. The maximum atomic E-state index is 12.1. The molecule has 0 saturated carbocycles. The van der Waals surface area contributed by atoms with Gasteiger partial charge in [-0.15, -0.1) is 0 Å². The first-order valence-corrected chi connectivity index (χ1v) is 6.70. The van der Waals surface area contributed by atoms with Gasteiger partial charge in [0.2, 0.25) is 0 Å². The summed E-state index contributed by atoms with van der Waals surface area (Å²) < 4.78 is 138. The van der Waals surface area contributed by atoms with Crippen LogP contribution in [0.15, 0.2) is 0 Å². The summed E-state index contributed by atoms with van der Waals surface area (Å²) >= 11 is 0. The second-order valence-electron chi connectivity index (χ2n) is 3.63. The molecule has 3 nitrogen and oxygen atoms in total. The lowest BCUT2D eigenvalue weighted by molar-refractivity contribution is -0.302. The number of halogens is 10. The first-order valence-electron chi connectivity index (χ1n) is 4.71. The predicted octanol–water partition coefficient (Wildman–Crippen LogP) is 4.24. The van der Waals surface area contributed by atoms with Gasteiger partial charge in [0.25, 0.3) is 6.10 Å². The van der Waals surface area contributed by atoms with Gasteiger partial charge in [-0.05, 0) is 0 Å². The van der Waals surface area contributed by atoms with E-state index >= 15 is 0 Å². The standard InChI is InChI=1S/C7H7F10O3P/c1-21(18,19-3(2-8)5(9,10)11)20-4(6(12,13)14)7(15,16)17/h3-4H,2H2,1H3. The van der Waals surface area contributed by atoms with E-state index in [9.17, 15) is 48.5 Å². The van der Waals surface area contributed by atoms with Gasteiger partial charge in [0.1, 0.15) is 6.67 Å². The molecule has 0 bridgehead atoms. The van der Waals surface area contributed by atoms with Crippen LogP contribution in [0.4, 0.5) is 43.9 Å². The van der Waals surface area contributed by atoms with Gasteiger partial charge in [0.05, 0.1) is 0 Å². The SMILES string of the molecule is CP(=O)(OC(CF)C(F)(F)F)OC(C(F)(F)F)C(F)(F)F. The van der Waals surface area contributed by atoms with Crippen molar-refractivity contribution in [3.05, 3.63) is 0 Å². The summed E-state index contributed by atoms with van der Waals surface area (Å²) in [6.45, 7) is -2.43. The molecule has 0 aliphatic heterocycles. The summed E-state index contributed by atoms with van der Waals surface area (Å²) in [5, 5.41) is 0. The largest absolute Gasteiger partial charge is 0.424 e. The Bertz CT molecular complexity index is 372. The normalized spacial score (nSPS) is 18.7. The predicted molar refractivity (Wildman–Crippen MR) is 47.4 cm³/mol. The van der Waals surface area contributed by atoms with Crippen molar-refractivity contribution in [2.24, 2.45) is 0 Å². The van der Waals surface area contributed by atoms with Crippen LogP contribution in [0.3, 0.4) is 0 Å². The lowest BCUT2D eigenvalue weighted by atomic mass is 10.3. The van der Waals surface area contributed by atoms with Gasteiger partial charge in [-0.25, -0.2) is 4.39 Å². The maximum absolute atomic E-state index is 12.1. The van der Waals surface area contributed by atoms with Crippen LogP contribution >= 0.6 is 7.60 Å². The molecule has 2 unspecified atom stereocenters. The van der Waals surface area contributed by atoms with E-state index in [4.69, 9.17) is 0 Å². The van der Waals surface area contributed by atoms with Crippen molar-refractivity contribution in [2.45, 2.75) is 30.7 Å². The smallest absolute Gasteiger partial charge is 0.293 e. The highest BCUT2D eigenvalue weighted by Gasteiger charge is 2.60. The second-order valence-corrected chi connectivity index (χ2v) is 5.59. The average Bonchev–Trinajstić information content (AvgIpc) is 2.18. The Labute approximate surface area is 110 Å². The molecule has 14 heteroatoms. The molecule has 0 aromatic carbocycles. The van der Waals surface area contributed by atoms with E-state index in [0.29, 0.717) is 0 Å². The minimum atomic E-state index is -6.10. The fourth-order valence-corrected chi connectivity index (χ4v) is 2.24. The highest BCUT2D eigenvalue weighted by molar-refractivity contribution is 7.53. The molecule has 128 valence electrons. The van der Waals surface area contributed by atoms with Gasteiger partial charge < -0.3 is 0 Å². The molecule has 2 atom stereocenters. The van der Waals surface area contributed by atoms with E-state index in [2.05, 4.69) is 9.05 Å². The summed E-state index contributed by atoms with van der Waals surface area (Å²) in [6, 6.07) is 0. The van der Waals surface area contributed by atoms with Crippen molar-refractivity contribution in [3.63, 3.8) is 0 Å². The van der Waals surface area contributed by atoms with Gasteiger partial charge in [-0.2, -0.15) is 39.5 Å². The molecule has 0 aromatic rings. The zero-order chi connectivity index (χ0) is 17.3. The van der Waals surface area contributed by atoms with Gasteiger partial charge in [0.15, 0.2) is 6.10 Å². The minimum absolute atomic E-state index is 0.0636. The first kappa shape index (κ1) is 20.5. The third kappa shape index (κ3) is 6.83. The molecule has 0 N–H and O–H groups in total. The quantitative estimate of drug-likeness (QED) is 0.544. The Hall–Kier alpha value is -0.550. The molecule has 0 aromatic heterocycles. The fourth-order valence-electron chi connectivity index (χ4n) is 0.928. The summed E-state index contributed by atoms with van der Waals surface area (Å²) in [5.41, 5.74) is 0. The van der Waals surface area contributed by atoms with Gasteiger partial charge in [-0.3, -0.25) is 13.6 Å². The molecule has 0 heterocycles. The monoisotopic (exact) mass is 360 g/mol. The van der Waals surface area contributed by atoms with Crippen molar-refractivity contribution in [1.29, 1.82) is 0 Å². The average molecular weight is 360 g/mol. The van der Waals surface area contributed by atoms with E-state index in [1.165, 1.54) is 0 Å². The molecule has 0 fully saturated rings. The molecule has 0 radical (unpaired) electrons. The van der Waals surface area contributed by atoms with Gasteiger partial charge in [0, 0.05) is 6.66 Å². The topological polar surface area (TPSA) is 35.5 Å². The summed E-state index contributed by atoms with van der Waals surface area (Å²) in [7, 11) is -5.51. The third-order valence-electron chi connectivity index (χ3n) is 1.72. The van der Waals surface area contributed by atoms with Crippen molar-refractivity contribution < 1.29 is 57.5 Å². The van der Waals surface area contributed by atoms with Crippen molar-refractivity contribution in [1.82, 2.24) is 0 Å². The van der Waals surface area contributed by atoms with E-state index in [-0.39, 0.29) is 6.66 Å². The van der Waals surface area contributed by atoms with Crippen molar-refractivity contribution in [3.8, 4) is 0 Å². The lowest BCUT2D eigenvalue weighted by Gasteiger charge is -2.28. The second kappa shape index (κ2) is 6.29. The molecular formula is C7H7F10O3P. The van der Waals surface area contributed by atoms with Gasteiger partial charge >= 0.3 is 26.1 Å². The fraction of sp³-hybridized carbons (Fsp3) is 1.00. The van der Waals surface area contributed by atoms with Crippen LogP contribution in [-0.2, 0) is 13.6 Å². The molecular weight excluding hydrogens is 353 g/mol. The first-order chi connectivity index (χ1) is 9.00. The van der Waals surface area contributed by atoms with E-state index in [1.54, 1.807) is 0 Å². The minimum Gasteiger partial charge on any atom is -0.293 e. The Morgan fingerprint density at radius 1 is 0.857 bits per heavy atom. The van der Waals surface area contributed by atoms with E-state index in [0.717, 1.165) is 0 Å². The highest BCUT2D eigenvalue weighted by Crippen LogP contribution is 2.53. The van der Waals surface area contributed by atoms with E-state index in [1.807, 2.05) is 0 Å². The van der Waals surface area contributed by atoms with Gasteiger partial charge in [-0.1, -0.05) is 0 Å². The molecule has 21 heavy (non-hydrogen) atoms. The van der Waals surface area contributed by atoms with E-state index < -0.39 is 45.0 Å². The Morgan fingerprint density at radius 2 is 1.24 bits per heavy atom. The summed E-state index contributed by atoms with van der Waals surface area (Å²) in [4.78, 5) is 0. The van der Waals surface area contributed by atoms with Crippen LogP contribution in [0.2, 0.25) is 0 Å². The molecule has 0 spiro atoms. The van der Waals surface area contributed by atoms with Crippen LogP contribution in [-0.4, -0.2) is 44.1 Å². The summed E-state index contributed by atoms with van der Waals surface area (Å²) in [6.07, 6.45) is -25.8. The maximum Gasteiger partial charge on any atom is 0.424 e. The van der Waals surface area contributed by atoms with Crippen LogP contribution in [0.5, 0.6) is 0 Å². The molecule has 0 aliphatic carbocycles. The molecule has 0 aliphatic rings. The molecule has 0 amide bonds. The lowest BCUT2D eigenvalue weighted by Crippen LogP contribution is -2.44. The van der Waals surface area contributed by atoms with Crippen LogP contribution in [0.1, 0.15) is 0 Å². The Balaban J connectivity index is 5.21. The van der Waals surface area contributed by atoms with Crippen molar-refractivity contribution in [2.75, 3.05) is 13.3 Å².